The van der Waals surface area contributed by atoms with Crippen LogP contribution >= 0.6 is 11.8 Å². The van der Waals surface area contributed by atoms with Crippen molar-refractivity contribution < 1.29 is 9.53 Å². The molecule has 0 radical (unpaired) electrons. The summed E-state index contributed by atoms with van der Waals surface area (Å²) >= 11 is -0.126. The van der Waals surface area contributed by atoms with Crippen LogP contribution in [0.25, 0.3) is 10.8 Å². The maximum absolute atomic E-state index is 12.4. The number of esters is 1. The van der Waals surface area contributed by atoms with Crippen LogP contribution in [-0.2, 0) is 9.53 Å². The molecular formula is C25H32O2SSn. The topological polar surface area (TPSA) is 26.3 Å². The zero-order chi connectivity index (χ0) is 20.9. The van der Waals surface area contributed by atoms with Crippen LogP contribution in [0.4, 0.5) is 0 Å². The normalized spacial score (nSPS) is 20.9. The molecular weight excluding hydrogens is 483 g/mol. The Balaban J connectivity index is 1.64. The Morgan fingerprint density at radius 3 is 2.52 bits per heavy atom. The summed E-state index contributed by atoms with van der Waals surface area (Å²) in [5, 5.41) is 2.85. The van der Waals surface area contributed by atoms with Crippen molar-refractivity contribution in [2.45, 2.75) is 63.7 Å². The minimum absolute atomic E-state index is 0.0107. The molecule has 1 aliphatic rings. The fourth-order valence-electron chi connectivity index (χ4n) is 3.87. The Morgan fingerprint density at radius 2 is 1.76 bits per heavy atom. The van der Waals surface area contributed by atoms with Crippen LogP contribution in [0.15, 0.2) is 69.2 Å². The van der Waals surface area contributed by atoms with Crippen LogP contribution in [0.5, 0.6) is 0 Å². The number of hydrogen-bond acceptors (Lipinski definition) is 3. The molecule has 0 amide bonds. The SMILES string of the molecule is CC(=[CH]/[Sn]([CH3])([CH3])[CH3])/C=C/C(=O)O[C@@H]1CCCC[C@H]1Sc1ccc2ccccc2c1. The number of hydrogen-bond donors (Lipinski definition) is 0. The van der Waals surface area contributed by atoms with Gasteiger partial charge in [-0.05, 0) is 5.39 Å². The summed E-state index contributed by atoms with van der Waals surface area (Å²) in [6.45, 7) is 2.07. The molecule has 1 saturated carbocycles. The van der Waals surface area contributed by atoms with Gasteiger partial charge in [-0.15, -0.1) is 0 Å². The van der Waals surface area contributed by atoms with Crippen LogP contribution in [-0.4, -0.2) is 35.7 Å². The number of benzene rings is 2. The van der Waals surface area contributed by atoms with Crippen molar-refractivity contribution in [1.82, 2.24) is 0 Å². The summed E-state index contributed by atoms with van der Waals surface area (Å²) in [6, 6.07) is 15.1. The number of rotatable bonds is 6. The van der Waals surface area contributed by atoms with Gasteiger partial charge >= 0.3 is 155 Å². The third kappa shape index (κ3) is 7.21. The van der Waals surface area contributed by atoms with Gasteiger partial charge in [0.05, 0.1) is 0 Å². The van der Waals surface area contributed by atoms with Gasteiger partial charge in [-0.1, -0.05) is 24.3 Å². The fraction of sp³-hybridized carbons (Fsp3) is 0.400. The van der Waals surface area contributed by atoms with E-state index < -0.39 is 18.4 Å². The molecule has 0 saturated heterocycles. The van der Waals surface area contributed by atoms with Gasteiger partial charge in [0.25, 0.3) is 0 Å². The van der Waals surface area contributed by atoms with Crippen molar-refractivity contribution in [3.05, 3.63) is 64.3 Å². The Bertz CT molecular complexity index is 910. The molecule has 2 atom stereocenters. The van der Waals surface area contributed by atoms with Gasteiger partial charge in [-0.2, -0.15) is 0 Å². The summed E-state index contributed by atoms with van der Waals surface area (Å²) in [5.74, 6) is -0.210. The summed E-state index contributed by atoms with van der Waals surface area (Å²) in [6.07, 6.45) is 7.90. The second kappa shape index (κ2) is 10.2. The molecule has 1 fully saturated rings. The van der Waals surface area contributed by atoms with Gasteiger partial charge in [-0.25, -0.2) is 0 Å². The average molecular weight is 515 g/mol. The van der Waals surface area contributed by atoms with E-state index in [1.165, 1.54) is 27.7 Å². The van der Waals surface area contributed by atoms with Gasteiger partial charge < -0.3 is 0 Å². The average Bonchev–Trinajstić information content (AvgIpc) is 2.66. The molecule has 29 heavy (non-hydrogen) atoms. The molecule has 0 N–H and O–H groups in total. The Kier molecular flexibility index (Phi) is 7.91. The van der Waals surface area contributed by atoms with E-state index in [4.69, 9.17) is 4.74 Å². The Hall–Kier alpha value is -1.20. The van der Waals surface area contributed by atoms with Crippen LogP contribution in [0.3, 0.4) is 0 Å². The second-order valence-electron chi connectivity index (χ2n) is 9.01. The zero-order valence-corrected chi connectivity index (χ0v) is 21.7. The first-order valence-corrected chi connectivity index (χ1v) is 21.6. The molecule has 3 rings (SSSR count). The molecule has 2 aromatic rings. The summed E-state index contributed by atoms with van der Waals surface area (Å²) < 4.78 is 8.26. The number of carbonyl (C=O) groups is 1. The van der Waals surface area contributed by atoms with Crippen molar-refractivity contribution in [1.29, 1.82) is 0 Å². The standard InChI is InChI=1S/C22H23O2S.3CH3.Sn/c1-16(2)11-14-22(23)24-20-9-5-6-10-21(20)25-19-13-12-17-7-3-4-8-18(17)15-19;;;;/h1,3-4,7-8,11-15,20-21H,5-6,9-10H2,2H3;3*1H3;/b14-11+,16-1?;;;;/t20-,21-;;;;/m1..../s1. The predicted octanol–water partition coefficient (Wildman–Crippen LogP) is 7.17. The van der Waals surface area contributed by atoms with Gasteiger partial charge in [0.1, 0.15) is 0 Å². The molecule has 1 aliphatic carbocycles. The quantitative estimate of drug-likeness (QED) is 0.177. The van der Waals surface area contributed by atoms with Crippen molar-refractivity contribution >= 4 is 46.9 Å². The van der Waals surface area contributed by atoms with Crippen LogP contribution in [0.2, 0.25) is 14.8 Å². The van der Waals surface area contributed by atoms with Crippen molar-refractivity contribution in [3.8, 4) is 0 Å². The number of allylic oxidation sites excluding steroid dienone is 2. The number of carbonyl (C=O) groups excluding carboxylic acids is 1. The van der Waals surface area contributed by atoms with E-state index in [1.807, 2.05) is 17.8 Å². The summed E-state index contributed by atoms with van der Waals surface area (Å²) in [7, 11) is 0. The van der Waals surface area contributed by atoms with E-state index in [9.17, 15) is 4.79 Å². The van der Waals surface area contributed by atoms with E-state index >= 15 is 0 Å². The monoisotopic (exact) mass is 516 g/mol. The first kappa shape index (κ1) is 22.5. The van der Waals surface area contributed by atoms with Crippen LogP contribution < -0.4 is 0 Å². The molecule has 2 aromatic carbocycles. The van der Waals surface area contributed by atoms with E-state index in [-0.39, 0.29) is 12.1 Å². The van der Waals surface area contributed by atoms with Crippen molar-refractivity contribution in [2.75, 3.05) is 0 Å². The second-order valence-corrected chi connectivity index (χ2v) is 24.7. The molecule has 2 nitrogen and oxygen atoms in total. The predicted molar refractivity (Wildman–Crippen MR) is 128 cm³/mol. The molecule has 4 heteroatoms. The Morgan fingerprint density at radius 1 is 1.03 bits per heavy atom. The van der Waals surface area contributed by atoms with Crippen LogP contribution in [0.1, 0.15) is 32.6 Å². The first-order chi connectivity index (χ1) is 13.8. The summed E-state index contributed by atoms with van der Waals surface area (Å²) in [5.41, 5.74) is 1.18. The minimum atomic E-state index is -1.98. The zero-order valence-electron chi connectivity index (χ0n) is 18.0. The molecule has 154 valence electrons. The number of thioether (sulfide) groups is 1. The molecule has 0 bridgehead atoms. The molecule has 0 unspecified atom stereocenters. The van der Waals surface area contributed by atoms with Gasteiger partial charge in [0, 0.05) is 0 Å². The molecule has 0 aromatic heterocycles. The molecule has 0 heterocycles. The van der Waals surface area contributed by atoms with Crippen molar-refractivity contribution in [3.63, 3.8) is 0 Å². The number of fused-ring (bicyclic) bond motifs is 1. The first-order valence-electron chi connectivity index (χ1n) is 10.5. The Labute approximate surface area is 183 Å². The van der Waals surface area contributed by atoms with E-state index in [0.29, 0.717) is 5.25 Å². The maximum atomic E-state index is 12.4. The van der Waals surface area contributed by atoms with Crippen molar-refractivity contribution in [2.24, 2.45) is 0 Å². The van der Waals surface area contributed by atoms with Gasteiger partial charge in [0.2, 0.25) is 0 Å². The molecule has 0 spiro atoms. The van der Waals surface area contributed by atoms with E-state index in [0.717, 1.165) is 19.3 Å². The van der Waals surface area contributed by atoms with E-state index in [2.05, 4.69) is 68.3 Å². The fourth-order valence-corrected chi connectivity index (χ4v) is 9.36. The molecule has 0 aliphatic heterocycles. The van der Waals surface area contributed by atoms with Gasteiger partial charge in [0.15, 0.2) is 0 Å². The third-order valence-electron chi connectivity index (χ3n) is 5.06. The number of ether oxygens (including phenoxy) is 1. The summed E-state index contributed by atoms with van der Waals surface area (Å²) in [4.78, 5) is 20.8. The van der Waals surface area contributed by atoms with E-state index in [1.54, 1.807) is 6.08 Å². The van der Waals surface area contributed by atoms with Gasteiger partial charge in [-0.3, -0.25) is 0 Å². The van der Waals surface area contributed by atoms with Crippen LogP contribution in [0, 0.1) is 0 Å². The third-order valence-corrected chi connectivity index (χ3v) is 10.2.